The molecule has 0 aromatic heterocycles. The van der Waals surface area contributed by atoms with Crippen LogP contribution >= 0.6 is 11.6 Å². The number of carbonyl (C=O) groups is 1. The highest BCUT2D eigenvalue weighted by Gasteiger charge is 2.18. The standard InChI is InChI=1S/C10H10ClNO4/c1-6-3-7(5-9(13)16-2)10(11)8(4-6)12(14)15/h3-4H,5H2,1-2H3. The van der Waals surface area contributed by atoms with Crippen molar-refractivity contribution in [3.8, 4) is 0 Å². The van der Waals surface area contributed by atoms with Crippen molar-refractivity contribution in [3.63, 3.8) is 0 Å². The van der Waals surface area contributed by atoms with E-state index in [4.69, 9.17) is 11.6 Å². The Bertz CT molecular complexity index is 445. The van der Waals surface area contributed by atoms with Crippen molar-refractivity contribution in [1.29, 1.82) is 0 Å². The van der Waals surface area contributed by atoms with Crippen LogP contribution in [0.3, 0.4) is 0 Å². The Kier molecular flexibility index (Phi) is 3.84. The summed E-state index contributed by atoms with van der Waals surface area (Å²) in [5.74, 6) is -0.484. The minimum absolute atomic E-state index is 0.0130. The monoisotopic (exact) mass is 243 g/mol. The van der Waals surface area contributed by atoms with Gasteiger partial charge in [-0.05, 0) is 18.1 Å². The topological polar surface area (TPSA) is 69.4 Å². The predicted octanol–water partition coefficient (Wildman–Crippen LogP) is 2.27. The maximum atomic E-state index is 11.1. The van der Waals surface area contributed by atoms with E-state index < -0.39 is 10.9 Å². The Morgan fingerprint density at radius 3 is 2.69 bits per heavy atom. The molecule has 1 aromatic carbocycles. The van der Waals surface area contributed by atoms with E-state index in [0.717, 1.165) is 0 Å². The summed E-state index contributed by atoms with van der Waals surface area (Å²) >= 11 is 5.83. The van der Waals surface area contributed by atoms with Gasteiger partial charge in [-0.1, -0.05) is 17.7 Å². The number of esters is 1. The van der Waals surface area contributed by atoms with Gasteiger partial charge in [-0.2, -0.15) is 0 Å². The molecule has 5 nitrogen and oxygen atoms in total. The number of halogens is 1. The molecule has 0 aliphatic heterocycles. The molecule has 0 saturated heterocycles. The fourth-order valence-corrected chi connectivity index (χ4v) is 1.56. The molecule has 0 amide bonds. The van der Waals surface area contributed by atoms with E-state index in [1.807, 2.05) is 0 Å². The molecule has 0 heterocycles. The SMILES string of the molecule is COC(=O)Cc1cc(C)cc([N+](=O)[O-])c1Cl. The number of nitro benzene ring substituents is 1. The molecule has 0 aliphatic carbocycles. The molecule has 16 heavy (non-hydrogen) atoms. The Morgan fingerprint density at radius 2 is 2.19 bits per heavy atom. The van der Waals surface area contributed by atoms with Gasteiger partial charge < -0.3 is 4.74 Å². The van der Waals surface area contributed by atoms with Crippen LogP contribution in [-0.4, -0.2) is 18.0 Å². The predicted molar refractivity (Wildman–Crippen MR) is 58.6 cm³/mol. The number of hydrogen-bond donors (Lipinski definition) is 0. The van der Waals surface area contributed by atoms with E-state index in [9.17, 15) is 14.9 Å². The lowest BCUT2D eigenvalue weighted by atomic mass is 10.1. The fraction of sp³-hybridized carbons (Fsp3) is 0.300. The molecule has 0 spiro atoms. The first kappa shape index (κ1) is 12.4. The Morgan fingerprint density at radius 1 is 1.56 bits per heavy atom. The van der Waals surface area contributed by atoms with Crippen LogP contribution in [0.5, 0.6) is 0 Å². The number of rotatable bonds is 3. The van der Waals surface area contributed by atoms with Crippen molar-refractivity contribution in [2.45, 2.75) is 13.3 Å². The second kappa shape index (κ2) is 4.94. The molecule has 6 heteroatoms. The second-order valence-electron chi connectivity index (χ2n) is 3.27. The third kappa shape index (κ3) is 2.70. The molecular formula is C10H10ClNO4. The molecule has 1 aromatic rings. The molecule has 0 aliphatic rings. The number of nitrogens with zero attached hydrogens (tertiary/aromatic N) is 1. The van der Waals surface area contributed by atoms with Crippen molar-refractivity contribution < 1.29 is 14.5 Å². The minimum Gasteiger partial charge on any atom is -0.469 e. The largest absolute Gasteiger partial charge is 0.469 e. The average molecular weight is 244 g/mol. The zero-order valence-electron chi connectivity index (χ0n) is 8.82. The van der Waals surface area contributed by atoms with E-state index in [0.29, 0.717) is 11.1 Å². The van der Waals surface area contributed by atoms with Crippen molar-refractivity contribution in [2.75, 3.05) is 7.11 Å². The second-order valence-corrected chi connectivity index (χ2v) is 3.65. The molecule has 86 valence electrons. The highest BCUT2D eigenvalue weighted by molar-refractivity contribution is 6.33. The van der Waals surface area contributed by atoms with Gasteiger partial charge in [-0.15, -0.1) is 0 Å². The van der Waals surface area contributed by atoms with Crippen molar-refractivity contribution >= 4 is 23.3 Å². The average Bonchev–Trinajstić information content (AvgIpc) is 2.22. The summed E-state index contributed by atoms with van der Waals surface area (Å²) in [7, 11) is 1.25. The number of benzene rings is 1. The van der Waals surface area contributed by atoms with Gasteiger partial charge in [-0.25, -0.2) is 0 Å². The molecule has 0 atom stereocenters. The lowest BCUT2D eigenvalue weighted by molar-refractivity contribution is -0.384. The van der Waals surface area contributed by atoms with Gasteiger partial charge in [0.25, 0.3) is 5.69 Å². The highest BCUT2D eigenvalue weighted by atomic mass is 35.5. The van der Waals surface area contributed by atoms with Crippen LogP contribution in [0.1, 0.15) is 11.1 Å². The summed E-state index contributed by atoms with van der Waals surface area (Å²) in [5.41, 5.74) is 0.885. The zero-order valence-corrected chi connectivity index (χ0v) is 9.58. The molecule has 0 fully saturated rings. The summed E-state index contributed by atoms with van der Waals surface area (Å²) < 4.78 is 4.48. The molecular weight excluding hydrogens is 234 g/mol. The van der Waals surface area contributed by atoms with Crippen LogP contribution < -0.4 is 0 Å². The maximum absolute atomic E-state index is 11.1. The summed E-state index contributed by atoms with van der Waals surface area (Å²) in [6.07, 6.45) is -0.0716. The van der Waals surface area contributed by atoms with Gasteiger partial charge in [0.1, 0.15) is 5.02 Å². The first-order chi connectivity index (χ1) is 7.45. The molecule has 0 saturated carbocycles. The number of hydrogen-bond acceptors (Lipinski definition) is 4. The lowest BCUT2D eigenvalue weighted by Crippen LogP contribution is -2.06. The molecule has 0 bridgehead atoms. The van der Waals surface area contributed by atoms with Crippen molar-refractivity contribution in [2.24, 2.45) is 0 Å². The van der Waals surface area contributed by atoms with Crippen LogP contribution in [-0.2, 0) is 16.0 Å². The van der Waals surface area contributed by atoms with Gasteiger partial charge >= 0.3 is 5.97 Å². The Labute approximate surface area is 97.1 Å². The molecule has 0 unspecified atom stereocenters. The highest BCUT2D eigenvalue weighted by Crippen LogP contribution is 2.29. The number of methoxy groups -OCH3 is 1. The number of ether oxygens (including phenoxy) is 1. The maximum Gasteiger partial charge on any atom is 0.310 e. The normalized spacial score (nSPS) is 9.94. The van der Waals surface area contributed by atoms with E-state index in [-0.39, 0.29) is 17.1 Å². The smallest absolute Gasteiger partial charge is 0.310 e. The van der Waals surface area contributed by atoms with Crippen LogP contribution in [0, 0.1) is 17.0 Å². The van der Waals surface area contributed by atoms with Crippen LogP contribution in [0.25, 0.3) is 0 Å². The number of nitro groups is 1. The summed E-state index contributed by atoms with van der Waals surface area (Å²) in [4.78, 5) is 21.2. The third-order valence-electron chi connectivity index (χ3n) is 2.03. The summed E-state index contributed by atoms with van der Waals surface area (Å²) in [5, 5.41) is 10.7. The molecule has 0 N–H and O–H groups in total. The molecule has 0 radical (unpaired) electrons. The summed E-state index contributed by atoms with van der Waals surface area (Å²) in [6, 6.07) is 3.00. The Balaban J connectivity index is 3.19. The summed E-state index contributed by atoms with van der Waals surface area (Å²) in [6.45, 7) is 1.70. The fourth-order valence-electron chi connectivity index (χ4n) is 1.31. The van der Waals surface area contributed by atoms with E-state index in [1.165, 1.54) is 13.2 Å². The molecule has 1 rings (SSSR count). The first-order valence-corrected chi connectivity index (χ1v) is 4.83. The van der Waals surface area contributed by atoms with Crippen LogP contribution in [0.4, 0.5) is 5.69 Å². The van der Waals surface area contributed by atoms with Crippen LogP contribution in [0.15, 0.2) is 12.1 Å². The van der Waals surface area contributed by atoms with Crippen molar-refractivity contribution in [3.05, 3.63) is 38.4 Å². The van der Waals surface area contributed by atoms with Gasteiger partial charge in [-0.3, -0.25) is 14.9 Å². The van der Waals surface area contributed by atoms with Crippen LogP contribution in [0.2, 0.25) is 5.02 Å². The first-order valence-electron chi connectivity index (χ1n) is 4.46. The van der Waals surface area contributed by atoms with Gasteiger partial charge in [0.2, 0.25) is 0 Å². The number of aryl methyl sites for hydroxylation is 1. The lowest BCUT2D eigenvalue weighted by Gasteiger charge is -2.05. The van der Waals surface area contributed by atoms with Gasteiger partial charge in [0.15, 0.2) is 0 Å². The van der Waals surface area contributed by atoms with E-state index >= 15 is 0 Å². The van der Waals surface area contributed by atoms with Crippen molar-refractivity contribution in [1.82, 2.24) is 0 Å². The third-order valence-corrected chi connectivity index (χ3v) is 2.47. The van der Waals surface area contributed by atoms with E-state index in [1.54, 1.807) is 13.0 Å². The van der Waals surface area contributed by atoms with E-state index in [2.05, 4.69) is 4.74 Å². The zero-order chi connectivity index (χ0) is 12.3. The minimum atomic E-state index is -0.573. The number of carbonyl (C=O) groups excluding carboxylic acids is 1. The quantitative estimate of drug-likeness (QED) is 0.464. The van der Waals surface area contributed by atoms with Gasteiger partial charge in [0.05, 0.1) is 18.5 Å². The van der Waals surface area contributed by atoms with Gasteiger partial charge in [0, 0.05) is 6.07 Å². The Hall–Kier alpha value is -1.62.